The molecular weight excluding hydrogens is 629 g/mol. The second kappa shape index (κ2) is 14.5. The summed E-state index contributed by atoms with van der Waals surface area (Å²) in [5.74, 6) is 1.55. The van der Waals surface area contributed by atoms with E-state index in [1.807, 2.05) is 48.5 Å². The molecule has 48 heavy (non-hydrogen) atoms. The minimum absolute atomic E-state index is 0.775. The molecule has 0 aliphatic heterocycles. The first-order chi connectivity index (χ1) is 23.6. The molecule has 0 spiro atoms. The van der Waals surface area contributed by atoms with E-state index >= 15 is 0 Å². The predicted molar refractivity (Wildman–Crippen MR) is 207 cm³/mol. The van der Waals surface area contributed by atoms with E-state index in [0.29, 0.717) is 0 Å². The van der Waals surface area contributed by atoms with Crippen LogP contribution in [0.4, 0.5) is 0 Å². The van der Waals surface area contributed by atoms with Gasteiger partial charge in [-0.1, -0.05) is 109 Å². The molecule has 234 valence electrons. The Kier molecular flexibility index (Phi) is 9.36. The van der Waals surface area contributed by atoms with Gasteiger partial charge in [-0.25, -0.2) is 9.97 Å². The Hall–Kier alpha value is -5.56. The van der Waals surface area contributed by atoms with Crippen molar-refractivity contribution < 1.29 is 9.47 Å². The van der Waals surface area contributed by atoms with Crippen LogP contribution in [0.2, 0.25) is 0 Å². The highest BCUT2D eigenvalue weighted by molar-refractivity contribution is 7.19. The van der Waals surface area contributed by atoms with E-state index in [9.17, 15) is 0 Å². The third kappa shape index (κ3) is 7.36. The van der Waals surface area contributed by atoms with Crippen LogP contribution in [-0.4, -0.2) is 24.2 Å². The third-order valence-corrected chi connectivity index (χ3v) is 9.83. The maximum atomic E-state index is 5.77. The van der Waals surface area contributed by atoms with Crippen molar-refractivity contribution in [1.29, 1.82) is 0 Å². The molecule has 2 aromatic heterocycles. The normalized spacial score (nSPS) is 12.0. The summed E-state index contributed by atoms with van der Waals surface area (Å²) in [5, 5.41) is 2.00. The fourth-order valence-corrected chi connectivity index (χ4v) is 7.01. The van der Waals surface area contributed by atoms with Gasteiger partial charge in [0, 0.05) is 11.1 Å². The quantitative estimate of drug-likeness (QED) is 0.137. The molecule has 0 aliphatic carbocycles. The van der Waals surface area contributed by atoms with E-state index in [-0.39, 0.29) is 0 Å². The van der Waals surface area contributed by atoms with E-state index in [1.54, 1.807) is 36.9 Å². The van der Waals surface area contributed by atoms with Crippen molar-refractivity contribution >= 4 is 91.7 Å². The van der Waals surface area contributed by atoms with Gasteiger partial charge in [-0.05, 0) is 70.8 Å². The van der Waals surface area contributed by atoms with Crippen molar-refractivity contribution in [2.75, 3.05) is 14.2 Å². The average Bonchev–Trinajstić information content (AvgIpc) is 3.76. The molecule has 5 aromatic carbocycles. The van der Waals surface area contributed by atoms with Crippen molar-refractivity contribution in [2.24, 2.45) is 0 Å². The van der Waals surface area contributed by atoms with E-state index in [2.05, 4.69) is 119 Å². The fraction of sp³-hybridized carbons (Fsp3) is 0.0476. The molecule has 7 rings (SSSR count). The van der Waals surface area contributed by atoms with Crippen LogP contribution >= 0.6 is 22.7 Å². The first kappa shape index (κ1) is 31.1. The van der Waals surface area contributed by atoms with Crippen LogP contribution in [0, 0.1) is 0 Å². The number of methoxy groups -OCH3 is 2. The van der Waals surface area contributed by atoms with Gasteiger partial charge in [0.15, 0.2) is 0 Å². The van der Waals surface area contributed by atoms with Gasteiger partial charge in [0.25, 0.3) is 0 Å². The summed E-state index contributed by atoms with van der Waals surface area (Å²) < 4.78 is 13.9. The van der Waals surface area contributed by atoms with Crippen LogP contribution in [-0.2, 0) is 0 Å². The number of ether oxygens (including phenoxy) is 2. The lowest BCUT2D eigenvalue weighted by atomic mass is 10.0. The largest absolute Gasteiger partial charge is 0.496 e. The van der Waals surface area contributed by atoms with Crippen molar-refractivity contribution in [1.82, 2.24) is 9.97 Å². The number of fused-ring (bicyclic) bond motifs is 2. The molecule has 0 N–H and O–H groups in total. The molecule has 4 nitrogen and oxygen atoms in total. The lowest BCUT2D eigenvalue weighted by Gasteiger charge is -2.11. The molecule has 0 unspecified atom stereocenters. The maximum absolute atomic E-state index is 5.77. The number of aromatic nitrogens is 2. The van der Waals surface area contributed by atoms with Gasteiger partial charge in [0.2, 0.25) is 0 Å². The number of hydrogen-bond donors (Lipinski definition) is 0. The molecule has 0 atom stereocenters. The first-order valence-electron chi connectivity index (χ1n) is 15.5. The van der Waals surface area contributed by atoms with Crippen LogP contribution in [0.15, 0.2) is 109 Å². The zero-order chi connectivity index (χ0) is 32.7. The van der Waals surface area contributed by atoms with Crippen molar-refractivity contribution in [3.63, 3.8) is 0 Å². The Bertz CT molecular complexity index is 2080. The maximum Gasteiger partial charge on any atom is 0.126 e. The molecule has 0 aliphatic rings. The molecule has 0 amide bonds. The van der Waals surface area contributed by atoms with Gasteiger partial charge in [-0.3, -0.25) is 0 Å². The molecule has 7 aromatic rings. The van der Waals surface area contributed by atoms with Gasteiger partial charge in [-0.2, -0.15) is 0 Å². The number of para-hydroxylation sites is 2. The standard InChI is InChI=1S/C42H32N2O2S2/c1-45-37-27-34(24-20-30-13-17-32(18-14-30)22-26-42-44-36-8-4-6-10-40(36)48-42)38(46-2)28-33(37)23-19-29-11-15-31(16-12-29)21-25-41-43-35-7-3-5-9-39(35)47-41/h3-28H,1-2H3. The second-order valence-electron chi connectivity index (χ2n) is 11.0. The van der Waals surface area contributed by atoms with Crippen molar-refractivity contribution in [2.45, 2.75) is 0 Å². The molecule has 2 heterocycles. The minimum atomic E-state index is 0.775. The molecule has 0 fully saturated rings. The summed E-state index contributed by atoms with van der Waals surface area (Å²) in [4.78, 5) is 9.37. The summed E-state index contributed by atoms with van der Waals surface area (Å²) in [6.45, 7) is 0. The molecule has 0 saturated heterocycles. The van der Waals surface area contributed by atoms with Crippen LogP contribution in [0.1, 0.15) is 43.4 Å². The Balaban J connectivity index is 1.01. The summed E-state index contributed by atoms with van der Waals surface area (Å²) >= 11 is 3.39. The van der Waals surface area contributed by atoms with Gasteiger partial charge < -0.3 is 9.47 Å². The van der Waals surface area contributed by atoms with Crippen LogP contribution in [0.25, 0.3) is 69.0 Å². The number of nitrogens with zero attached hydrogens (tertiary/aromatic N) is 2. The highest BCUT2D eigenvalue weighted by Crippen LogP contribution is 2.32. The molecular formula is C42H32N2O2S2. The topological polar surface area (TPSA) is 44.2 Å². The van der Waals surface area contributed by atoms with E-state index in [4.69, 9.17) is 9.47 Å². The highest BCUT2D eigenvalue weighted by Gasteiger charge is 2.08. The van der Waals surface area contributed by atoms with Crippen molar-refractivity contribution in [3.8, 4) is 11.5 Å². The Morgan fingerprint density at radius 3 is 1.15 bits per heavy atom. The summed E-state index contributed by atoms with van der Waals surface area (Å²) in [6.07, 6.45) is 16.6. The third-order valence-electron chi connectivity index (χ3n) is 7.82. The van der Waals surface area contributed by atoms with Gasteiger partial charge >= 0.3 is 0 Å². The number of rotatable bonds is 10. The molecule has 0 saturated carbocycles. The smallest absolute Gasteiger partial charge is 0.126 e. The summed E-state index contributed by atoms with van der Waals surface area (Å²) in [6, 6.07) is 37.3. The zero-order valence-electron chi connectivity index (χ0n) is 26.5. The number of hydrogen-bond acceptors (Lipinski definition) is 6. The lowest BCUT2D eigenvalue weighted by Crippen LogP contribution is -1.93. The van der Waals surface area contributed by atoms with E-state index in [0.717, 1.165) is 65.9 Å². The summed E-state index contributed by atoms with van der Waals surface area (Å²) in [5.41, 5.74) is 8.39. The molecule has 0 radical (unpaired) electrons. The highest BCUT2D eigenvalue weighted by atomic mass is 32.1. The van der Waals surface area contributed by atoms with E-state index < -0.39 is 0 Å². The average molecular weight is 661 g/mol. The van der Waals surface area contributed by atoms with Crippen LogP contribution < -0.4 is 9.47 Å². The van der Waals surface area contributed by atoms with Crippen molar-refractivity contribution in [3.05, 3.63) is 153 Å². The summed E-state index contributed by atoms with van der Waals surface area (Å²) in [7, 11) is 3.39. The molecule has 6 heteroatoms. The first-order valence-corrected chi connectivity index (χ1v) is 17.2. The van der Waals surface area contributed by atoms with Gasteiger partial charge in [-0.15, -0.1) is 22.7 Å². The van der Waals surface area contributed by atoms with E-state index in [1.165, 1.54) is 9.40 Å². The second-order valence-corrected chi connectivity index (χ2v) is 13.2. The monoisotopic (exact) mass is 660 g/mol. The Labute approximate surface area is 288 Å². The minimum Gasteiger partial charge on any atom is -0.496 e. The van der Waals surface area contributed by atoms with Crippen LogP contribution in [0.3, 0.4) is 0 Å². The zero-order valence-corrected chi connectivity index (χ0v) is 28.2. The Morgan fingerprint density at radius 2 is 0.792 bits per heavy atom. The molecule has 0 bridgehead atoms. The fourth-order valence-electron chi connectivity index (χ4n) is 5.27. The Morgan fingerprint density at radius 1 is 0.438 bits per heavy atom. The lowest BCUT2D eigenvalue weighted by molar-refractivity contribution is 0.401. The SMILES string of the molecule is COc1cc(C=Cc2ccc(C=Cc3nc4ccccc4s3)cc2)c(OC)cc1C=Cc1ccc(C=Cc2nc3ccccc3s2)cc1. The van der Waals surface area contributed by atoms with Gasteiger partial charge in [0.05, 0.1) is 34.7 Å². The van der Waals surface area contributed by atoms with Crippen LogP contribution in [0.5, 0.6) is 11.5 Å². The number of benzene rings is 5. The van der Waals surface area contributed by atoms with Gasteiger partial charge in [0.1, 0.15) is 21.5 Å². The number of thiazole rings is 2. The predicted octanol–water partition coefficient (Wildman–Crippen LogP) is 11.6.